The van der Waals surface area contributed by atoms with Crippen molar-refractivity contribution in [1.29, 1.82) is 0 Å². The number of fused-ring (bicyclic) bond motifs is 1. The Morgan fingerprint density at radius 1 is 1.38 bits per heavy atom. The van der Waals surface area contributed by atoms with E-state index in [4.69, 9.17) is 23.8 Å². The summed E-state index contributed by atoms with van der Waals surface area (Å²) in [4.78, 5) is 12.5. The lowest BCUT2D eigenvalue weighted by molar-refractivity contribution is -0.115. The van der Waals surface area contributed by atoms with Crippen molar-refractivity contribution in [2.75, 3.05) is 5.32 Å². The topological polar surface area (TPSA) is 56.8 Å². The Kier molecular flexibility index (Phi) is 5.04. The maximum Gasteiger partial charge on any atom is 0.230 e. The summed E-state index contributed by atoms with van der Waals surface area (Å²) in [6, 6.07) is 2.38. The van der Waals surface area contributed by atoms with Gasteiger partial charge in [0.05, 0.1) is 23.3 Å². The molecule has 1 amide bonds. The minimum atomic E-state index is -0.742. The van der Waals surface area contributed by atoms with E-state index >= 15 is 0 Å². The van der Waals surface area contributed by atoms with Gasteiger partial charge >= 0.3 is 0 Å². The van der Waals surface area contributed by atoms with Crippen molar-refractivity contribution in [1.82, 2.24) is 18.9 Å². The number of imidazole rings is 1. The molecule has 0 spiro atoms. The number of nitrogens with zero attached hydrogens (tertiary/aromatic N) is 4. The van der Waals surface area contributed by atoms with Gasteiger partial charge in [-0.05, 0) is 30.8 Å². The third-order valence-corrected chi connectivity index (χ3v) is 6.01. The molecular formula is C19H18ClF2N5OS. The Labute approximate surface area is 175 Å². The first kappa shape index (κ1) is 19.8. The number of rotatable bonds is 4. The zero-order valence-electron chi connectivity index (χ0n) is 15.7. The number of halogens is 3. The summed E-state index contributed by atoms with van der Waals surface area (Å²) in [5.74, 6) is -2.03. The molecule has 0 saturated heterocycles. The van der Waals surface area contributed by atoms with E-state index in [1.165, 1.54) is 12.1 Å². The lowest BCUT2D eigenvalue weighted by Crippen LogP contribution is -2.17. The summed E-state index contributed by atoms with van der Waals surface area (Å²) < 4.78 is 34.5. The fourth-order valence-electron chi connectivity index (χ4n) is 3.87. The number of aryl methyl sites for hydroxylation is 1. The fraction of sp³-hybridized carbons (Fsp3) is 0.316. The smallest absolute Gasteiger partial charge is 0.230 e. The molecule has 0 radical (unpaired) electrons. The van der Waals surface area contributed by atoms with E-state index < -0.39 is 17.6 Å². The average Bonchev–Trinajstić information content (AvgIpc) is 3.33. The molecule has 0 bridgehead atoms. The second kappa shape index (κ2) is 7.38. The van der Waals surface area contributed by atoms with E-state index in [0.717, 1.165) is 11.4 Å². The van der Waals surface area contributed by atoms with Gasteiger partial charge in [-0.1, -0.05) is 11.6 Å². The molecular weight excluding hydrogens is 420 g/mol. The third-order valence-electron chi connectivity index (χ3n) is 5.23. The molecule has 2 aromatic heterocycles. The van der Waals surface area contributed by atoms with E-state index in [2.05, 4.69) is 10.4 Å². The summed E-state index contributed by atoms with van der Waals surface area (Å²) in [6.45, 7) is 0.334. The summed E-state index contributed by atoms with van der Waals surface area (Å²) in [5, 5.41) is 6.70. The van der Waals surface area contributed by atoms with Crippen molar-refractivity contribution in [3.8, 4) is 0 Å². The normalized spacial score (nSPS) is 15.6. The number of anilines is 1. The predicted octanol–water partition coefficient (Wildman–Crippen LogP) is 3.74. The minimum Gasteiger partial charge on any atom is -0.323 e. The summed E-state index contributed by atoms with van der Waals surface area (Å²) in [7, 11) is 3.55. The van der Waals surface area contributed by atoms with E-state index in [1.54, 1.807) is 35.7 Å². The van der Waals surface area contributed by atoms with Crippen LogP contribution in [0.1, 0.15) is 22.9 Å². The lowest BCUT2D eigenvalue weighted by atomic mass is 9.95. The van der Waals surface area contributed by atoms with Crippen molar-refractivity contribution in [2.24, 2.45) is 14.1 Å². The molecule has 1 aliphatic rings. The van der Waals surface area contributed by atoms with Crippen molar-refractivity contribution in [2.45, 2.75) is 25.3 Å². The predicted molar refractivity (Wildman–Crippen MR) is 108 cm³/mol. The van der Waals surface area contributed by atoms with Gasteiger partial charge < -0.3 is 14.5 Å². The molecule has 29 heavy (non-hydrogen) atoms. The van der Waals surface area contributed by atoms with Gasteiger partial charge in [0.2, 0.25) is 5.91 Å². The van der Waals surface area contributed by atoms with Crippen LogP contribution in [-0.4, -0.2) is 24.8 Å². The standard InChI is InChI=1S/C19H18ClF2N5OS/c1-25-9-11(7-23-25)24-16(28)6-14-15-5-10(8-27(15)19(29)26(14)2)17-13(21)4-3-12(20)18(17)22/h3-4,7,9-10H,5-6,8H2,1-2H3,(H,24,28). The van der Waals surface area contributed by atoms with Gasteiger partial charge in [-0.15, -0.1) is 0 Å². The second-order valence-corrected chi connectivity index (χ2v) is 7.90. The van der Waals surface area contributed by atoms with Crippen LogP contribution in [0, 0.1) is 16.4 Å². The number of nitrogens with one attached hydrogen (secondary N) is 1. The van der Waals surface area contributed by atoms with E-state index in [9.17, 15) is 13.6 Å². The molecule has 3 aromatic rings. The average molecular weight is 438 g/mol. The highest BCUT2D eigenvalue weighted by atomic mass is 35.5. The Balaban J connectivity index is 1.62. The van der Waals surface area contributed by atoms with Crippen molar-refractivity contribution < 1.29 is 13.6 Å². The van der Waals surface area contributed by atoms with E-state index in [0.29, 0.717) is 23.4 Å². The Morgan fingerprint density at radius 2 is 2.14 bits per heavy atom. The largest absolute Gasteiger partial charge is 0.323 e. The molecule has 1 atom stereocenters. The monoisotopic (exact) mass is 437 g/mol. The van der Waals surface area contributed by atoms with Crippen LogP contribution in [0.25, 0.3) is 0 Å². The van der Waals surface area contributed by atoms with Gasteiger partial charge in [-0.25, -0.2) is 8.78 Å². The maximum absolute atomic E-state index is 14.5. The van der Waals surface area contributed by atoms with Gasteiger partial charge in [0.15, 0.2) is 4.77 Å². The Hall–Kier alpha value is -2.52. The molecule has 0 aliphatic carbocycles. The zero-order chi connectivity index (χ0) is 20.9. The first-order chi connectivity index (χ1) is 13.8. The molecule has 152 valence electrons. The minimum absolute atomic E-state index is 0.0379. The number of amides is 1. The van der Waals surface area contributed by atoms with E-state index in [-0.39, 0.29) is 22.9 Å². The number of carbonyl (C=O) groups is 1. The van der Waals surface area contributed by atoms with Crippen molar-refractivity contribution >= 4 is 35.4 Å². The highest BCUT2D eigenvalue weighted by molar-refractivity contribution is 7.71. The van der Waals surface area contributed by atoms with Gasteiger partial charge in [-0.2, -0.15) is 5.10 Å². The molecule has 10 heteroatoms. The lowest BCUT2D eigenvalue weighted by Gasteiger charge is -2.14. The molecule has 3 heterocycles. The van der Waals surface area contributed by atoms with Gasteiger partial charge in [0.25, 0.3) is 0 Å². The van der Waals surface area contributed by atoms with Gasteiger partial charge in [-0.3, -0.25) is 9.48 Å². The number of carbonyl (C=O) groups excluding carboxylic acids is 1. The van der Waals surface area contributed by atoms with Crippen LogP contribution < -0.4 is 5.32 Å². The molecule has 1 aromatic carbocycles. The summed E-state index contributed by atoms with van der Waals surface area (Å²) in [6.07, 6.45) is 3.71. The fourth-order valence-corrected chi connectivity index (χ4v) is 4.33. The van der Waals surface area contributed by atoms with E-state index in [1.807, 2.05) is 4.57 Å². The Morgan fingerprint density at radius 3 is 2.83 bits per heavy atom. The van der Waals surface area contributed by atoms with Crippen LogP contribution in [-0.2, 0) is 38.3 Å². The second-order valence-electron chi connectivity index (χ2n) is 7.13. The van der Waals surface area contributed by atoms with Gasteiger partial charge in [0.1, 0.15) is 11.6 Å². The SMILES string of the molecule is Cn1cc(NC(=O)Cc2c3n(c(=S)n2C)CC(c2c(F)ccc(Cl)c2F)C3)cn1. The van der Waals surface area contributed by atoms with Crippen LogP contribution >= 0.6 is 23.8 Å². The first-order valence-electron chi connectivity index (χ1n) is 8.95. The summed E-state index contributed by atoms with van der Waals surface area (Å²) in [5.41, 5.74) is 2.09. The van der Waals surface area contributed by atoms with Crippen LogP contribution in [0.4, 0.5) is 14.5 Å². The Bertz CT molecular complexity index is 1180. The zero-order valence-corrected chi connectivity index (χ0v) is 17.3. The molecule has 4 rings (SSSR count). The number of hydrogen-bond acceptors (Lipinski definition) is 3. The van der Waals surface area contributed by atoms with Crippen LogP contribution in [0.3, 0.4) is 0 Å². The van der Waals surface area contributed by atoms with Crippen LogP contribution in [0.15, 0.2) is 24.5 Å². The molecule has 1 N–H and O–H groups in total. The molecule has 0 saturated carbocycles. The van der Waals surface area contributed by atoms with Crippen molar-refractivity contribution in [3.05, 3.63) is 62.9 Å². The maximum atomic E-state index is 14.5. The molecule has 1 aliphatic heterocycles. The molecule has 6 nitrogen and oxygen atoms in total. The van der Waals surface area contributed by atoms with Crippen LogP contribution in [0.2, 0.25) is 5.02 Å². The number of benzene rings is 1. The van der Waals surface area contributed by atoms with Gasteiger partial charge in [0, 0.05) is 49.7 Å². The highest BCUT2D eigenvalue weighted by Crippen LogP contribution is 2.37. The first-order valence-corrected chi connectivity index (χ1v) is 9.74. The third kappa shape index (κ3) is 3.49. The molecule has 1 unspecified atom stereocenters. The summed E-state index contributed by atoms with van der Waals surface area (Å²) >= 11 is 11.3. The number of hydrogen-bond donors (Lipinski definition) is 1. The van der Waals surface area contributed by atoms with Crippen molar-refractivity contribution in [3.63, 3.8) is 0 Å². The van der Waals surface area contributed by atoms with Crippen LogP contribution in [0.5, 0.6) is 0 Å². The molecule has 0 fully saturated rings. The number of aromatic nitrogens is 4. The quantitative estimate of drug-likeness (QED) is 0.499. The highest BCUT2D eigenvalue weighted by Gasteiger charge is 2.33.